The first-order chi connectivity index (χ1) is 6.61. The largest absolute Gasteiger partial charge is 0.333 e. The molecule has 1 fully saturated rings. The van der Waals surface area contributed by atoms with Crippen molar-refractivity contribution in [2.75, 3.05) is 13.1 Å². The second-order valence-corrected chi connectivity index (χ2v) is 3.08. The van der Waals surface area contributed by atoms with Gasteiger partial charge in [-0.15, -0.1) is 0 Å². The van der Waals surface area contributed by atoms with Crippen LogP contribution in [0.4, 0.5) is 4.79 Å². The molecule has 1 saturated heterocycles. The van der Waals surface area contributed by atoms with Gasteiger partial charge in [0.1, 0.15) is 0 Å². The van der Waals surface area contributed by atoms with Gasteiger partial charge in [0.25, 0.3) is 0 Å². The molecule has 0 saturated carbocycles. The summed E-state index contributed by atoms with van der Waals surface area (Å²) >= 11 is 0. The Morgan fingerprint density at radius 2 is 1.43 bits per heavy atom. The quantitative estimate of drug-likeness (QED) is 0.652. The van der Waals surface area contributed by atoms with Crippen LogP contribution in [0.2, 0.25) is 0 Å². The Bertz CT molecular complexity index is 249. The highest BCUT2D eigenvalue weighted by molar-refractivity contribution is 6.03. The summed E-state index contributed by atoms with van der Waals surface area (Å²) in [5, 5.41) is 0. The summed E-state index contributed by atoms with van der Waals surface area (Å²) in [6.45, 7) is 4.05. The molecule has 1 aliphatic heterocycles. The second kappa shape index (κ2) is 4.21. The van der Waals surface area contributed by atoms with Crippen LogP contribution in [-0.2, 0) is 9.59 Å². The highest BCUT2D eigenvalue weighted by Gasteiger charge is 2.34. The number of urea groups is 1. The monoisotopic (exact) mass is 198 g/mol. The van der Waals surface area contributed by atoms with E-state index in [1.807, 2.05) is 0 Å². The van der Waals surface area contributed by atoms with Crippen LogP contribution in [0.25, 0.3) is 0 Å². The Labute approximate surface area is 82.7 Å². The van der Waals surface area contributed by atoms with Crippen LogP contribution in [-0.4, -0.2) is 40.7 Å². The molecule has 1 heterocycles. The van der Waals surface area contributed by atoms with Crippen LogP contribution in [0.3, 0.4) is 0 Å². The minimum absolute atomic E-state index is 0.221. The first-order valence-corrected chi connectivity index (χ1v) is 4.76. The minimum atomic E-state index is -0.469. The molecule has 1 aliphatic rings. The van der Waals surface area contributed by atoms with Crippen LogP contribution in [0, 0.1) is 0 Å². The Morgan fingerprint density at radius 3 is 1.71 bits per heavy atom. The van der Waals surface area contributed by atoms with Gasteiger partial charge >= 0.3 is 6.03 Å². The van der Waals surface area contributed by atoms with Gasteiger partial charge in [-0.3, -0.25) is 19.4 Å². The lowest BCUT2D eigenvalue weighted by atomic mass is 10.4. The first-order valence-electron chi connectivity index (χ1n) is 4.76. The standard InChI is InChI=1S/C9H14N2O3/c1-3-7(12)10-5-6-11(9(10)14)8(13)4-2/h3-6H2,1-2H3. The average Bonchev–Trinajstić information content (AvgIpc) is 2.58. The molecule has 0 aromatic heterocycles. The number of hydrogen-bond acceptors (Lipinski definition) is 3. The van der Waals surface area contributed by atoms with Gasteiger partial charge in [-0.05, 0) is 0 Å². The fourth-order valence-corrected chi connectivity index (χ4v) is 1.38. The van der Waals surface area contributed by atoms with E-state index < -0.39 is 6.03 Å². The second-order valence-electron chi connectivity index (χ2n) is 3.08. The van der Waals surface area contributed by atoms with Crippen LogP contribution in [0.15, 0.2) is 0 Å². The zero-order chi connectivity index (χ0) is 10.7. The predicted molar refractivity (Wildman–Crippen MR) is 49.4 cm³/mol. The normalized spacial score (nSPS) is 16.3. The number of amides is 4. The fourth-order valence-electron chi connectivity index (χ4n) is 1.38. The van der Waals surface area contributed by atoms with Crippen molar-refractivity contribution in [3.63, 3.8) is 0 Å². The SMILES string of the molecule is CCC(=O)N1CCN(C(=O)CC)C1=O. The molecule has 0 aliphatic carbocycles. The summed E-state index contributed by atoms with van der Waals surface area (Å²) in [5.74, 6) is -0.442. The Hall–Kier alpha value is -1.39. The molecule has 14 heavy (non-hydrogen) atoms. The van der Waals surface area contributed by atoms with Gasteiger partial charge < -0.3 is 0 Å². The summed E-state index contributed by atoms with van der Waals surface area (Å²) in [6, 6.07) is -0.469. The van der Waals surface area contributed by atoms with Gasteiger partial charge in [0.05, 0.1) is 0 Å². The Morgan fingerprint density at radius 1 is 1.07 bits per heavy atom. The number of nitrogens with zero attached hydrogens (tertiary/aromatic N) is 2. The summed E-state index contributed by atoms with van der Waals surface area (Å²) < 4.78 is 0. The lowest BCUT2D eigenvalue weighted by Crippen LogP contribution is -2.38. The van der Waals surface area contributed by atoms with Crippen molar-refractivity contribution in [1.29, 1.82) is 0 Å². The Kier molecular flexibility index (Phi) is 3.22. The smallest absolute Gasteiger partial charge is 0.274 e. The molecule has 0 aromatic rings. The number of rotatable bonds is 2. The highest BCUT2D eigenvalue weighted by Crippen LogP contribution is 2.11. The van der Waals surface area contributed by atoms with Crippen LogP contribution >= 0.6 is 0 Å². The topological polar surface area (TPSA) is 57.7 Å². The lowest BCUT2D eigenvalue weighted by Gasteiger charge is -2.14. The maximum Gasteiger partial charge on any atom is 0.333 e. The first kappa shape index (κ1) is 10.7. The molecular weight excluding hydrogens is 184 g/mol. The molecule has 0 N–H and O–H groups in total. The third kappa shape index (κ3) is 1.76. The zero-order valence-electron chi connectivity index (χ0n) is 8.45. The molecule has 0 bridgehead atoms. The van der Waals surface area contributed by atoms with Gasteiger partial charge in [-0.1, -0.05) is 13.8 Å². The molecule has 0 spiro atoms. The van der Waals surface area contributed by atoms with E-state index in [0.29, 0.717) is 25.9 Å². The lowest BCUT2D eigenvalue weighted by molar-refractivity contribution is -0.128. The maximum absolute atomic E-state index is 11.5. The predicted octanol–water partition coefficient (Wildman–Crippen LogP) is 0.597. The zero-order valence-corrected chi connectivity index (χ0v) is 8.45. The van der Waals surface area contributed by atoms with Crippen molar-refractivity contribution in [2.24, 2.45) is 0 Å². The van der Waals surface area contributed by atoms with Gasteiger partial charge in [-0.2, -0.15) is 0 Å². The molecule has 5 nitrogen and oxygen atoms in total. The van der Waals surface area contributed by atoms with Crippen molar-refractivity contribution in [3.05, 3.63) is 0 Å². The fraction of sp³-hybridized carbons (Fsp3) is 0.667. The third-order valence-electron chi connectivity index (χ3n) is 2.22. The maximum atomic E-state index is 11.5. The van der Waals surface area contributed by atoms with Gasteiger partial charge in [-0.25, -0.2) is 4.79 Å². The molecule has 4 amide bonds. The number of hydrogen-bond donors (Lipinski definition) is 0. The van der Waals surface area contributed by atoms with E-state index in [1.54, 1.807) is 13.8 Å². The molecule has 0 radical (unpaired) electrons. The van der Waals surface area contributed by atoms with E-state index >= 15 is 0 Å². The number of carbonyl (C=O) groups excluding carboxylic acids is 3. The third-order valence-corrected chi connectivity index (χ3v) is 2.22. The van der Waals surface area contributed by atoms with Gasteiger partial charge in [0.2, 0.25) is 11.8 Å². The van der Waals surface area contributed by atoms with E-state index in [2.05, 4.69) is 0 Å². The summed E-state index contributed by atoms with van der Waals surface area (Å²) in [6.07, 6.45) is 0.583. The number of carbonyl (C=O) groups is 3. The van der Waals surface area contributed by atoms with Crippen LogP contribution in [0.5, 0.6) is 0 Å². The van der Waals surface area contributed by atoms with E-state index in [-0.39, 0.29) is 11.8 Å². The van der Waals surface area contributed by atoms with E-state index in [1.165, 1.54) is 0 Å². The number of imide groups is 2. The molecule has 0 aromatic carbocycles. The van der Waals surface area contributed by atoms with E-state index in [4.69, 9.17) is 0 Å². The van der Waals surface area contributed by atoms with E-state index in [9.17, 15) is 14.4 Å². The Balaban J connectivity index is 2.69. The summed E-state index contributed by atoms with van der Waals surface area (Å²) in [7, 11) is 0. The van der Waals surface area contributed by atoms with Crippen molar-refractivity contribution in [3.8, 4) is 0 Å². The molecule has 0 unspecified atom stereocenters. The summed E-state index contributed by atoms with van der Waals surface area (Å²) in [5.41, 5.74) is 0. The van der Waals surface area contributed by atoms with Crippen molar-refractivity contribution >= 4 is 17.8 Å². The molecular formula is C9H14N2O3. The van der Waals surface area contributed by atoms with Gasteiger partial charge in [0, 0.05) is 25.9 Å². The van der Waals surface area contributed by atoms with Gasteiger partial charge in [0.15, 0.2) is 0 Å². The minimum Gasteiger partial charge on any atom is -0.274 e. The van der Waals surface area contributed by atoms with Crippen molar-refractivity contribution in [1.82, 2.24) is 9.80 Å². The highest BCUT2D eigenvalue weighted by atomic mass is 16.2. The molecule has 5 heteroatoms. The average molecular weight is 198 g/mol. The van der Waals surface area contributed by atoms with Crippen LogP contribution in [0.1, 0.15) is 26.7 Å². The van der Waals surface area contributed by atoms with Crippen molar-refractivity contribution in [2.45, 2.75) is 26.7 Å². The van der Waals surface area contributed by atoms with E-state index in [0.717, 1.165) is 9.80 Å². The summed E-state index contributed by atoms with van der Waals surface area (Å²) in [4.78, 5) is 36.3. The van der Waals surface area contributed by atoms with Crippen molar-refractivity contribution < 1.29 is 14.4 Å². The molecule has 78 valence electrons. The molecule has 1 rings (SSSR count). The molecule has 0 atom stereocenters. The van der Waals surface area contributed by atoms with Crippen LogP contribution < -0.4 is 0 Å².